The van der Waals surface area contributed by atoms with Gasteiger partial charge < -0.3 is 15.8 Å². The van der Waals surface area contributed by atoms with Crippen LogP contribution in [0.15, 0.2) is 54.7 Å². The van der Waals surface area contributed by atoms with Crippen LogP contribution in [0.1, 0.15) is 36.0 Å². The van der Waals surface area contributed by atoms with Crippen molar-refractivity contribution in [2.75, 3.05) is 0 Å². The summed E-state index contributed by atoms with van der Waals surface area (Å²) in [4.78, 5) is 15.0. The summed E-state index contributed by atoms with van der Waals surface area (Å²) in [5, 5.41) is 12.5. The third-order valence-electron chi connectivity index (χ3n) is 5.86. The molecule has 0 spiro atoms. The first kappa shape index (κ1) is 19.6. The van der Waals surface area contributed by atoms with E-state index in [4.69, 9.17) is 5.73 Å². The lowest BCUT2D eigenvalue weighted by Crippen LogP contribution is -2.43. The number of para-hydroxylation sites is 1. The lowest BCUT2D eigenvalue weighted by Gasteiger charge is -2.20. The molecule has 3 unspecified atom stereocenters. The van der Waals surface area contributed by atoms with Crippen LogP contribution in [0.2, 0.25) is 0 Å². The van der Waals surface area contributed by atoms with Gasteiger partial charge in [0.2, 0.25) is 0 Å². The molecule has 1 aliphatic heterocycles. The number of nitrogens with two attached hydrogens (primary N) is 1. The first-order valence-electron chi connectivity index (χ1n) is 10.1. The maximum absolute atomic E-state index is 11.7. The van der Waals surface area contributed by atoms with Gasteiger partial charge in [0.25, 0.3) is 0 Å². The minimum atomic E-state index is -0.818. The van der Waals surface area contributed by atoms with Crippen molar-refractivity contribution in [3.63, 3.8) is 0 Å². The topological polar surface area (TPSA) is 94.2 Å². The largest absolute Gasteiger partial charge is 0.480 e. The van der Waals surface area contributed by atoms with E-state index in [1.54, 1.807) is 5.01 Å². The van der Waals surface area contributed by atoms with Gasteiger partial charge in [-0.05, 0) is 42.9 Å². The van der Waals surface area contributed by atoms with Crippen molar-refractivity contribution in [2.24, 2.45) is 5.73 Å². The summed E-state index contributed by atoms with van der Waals surface area (Å²) in [7, 11) is 0. The number of hydrazine groups is 1. The van der Waals surface area contributed by atoms with Crippen LogP contribution in [0.25, 0.3) is 10.9 Å². The summed E-state index contributed by atoms with van der Waals surface area (Å²) >= 11 is 0. The number of nitrogens with one attached hydrogen (secondary N) is 2. The molecule has 1 saturated heterocycles. The molecule has 1 aliphatic rings. The number of carboxylic acid groups (broad SMARTS) is 1. The molecule has 152 valence electrons. The van der Waals surface area contributed by atoms with Gasteiger partial charge >= 0.3 is 5.97 Å². The van der Waals surface area contributed by atoms with Crippen LogP contribution in [0, 0.1) is 6.92 Å². The number of H-pyrrole nitrogens is 1. The van der Waals surface area contributed by atoms with Crippen molar-refractivity contribution in [1.82, 2.24) is 15.4 Å². The molecule has 5 N–H and O–H groups in total. The van der Waals surface area contributed by atoms with E-state index in [-0.39, 0.29) is 18.1 Å². The average Bonchev–Trinajstić information content (AvgIpc) is 3.20. The van der Waals surface area contributed by atoms with Gasteiger partial charge in [-0.15, -0.1) is 0 Å². The van der Waals surface area contributed by atoms with E-state index in [9.17, 15) is 9.90 Å². The van der Waals surface area contributed by atoms with Crippen LogP contribution in [0.5, 0.6) is 0 Å². The molecule has 0 amide bonds. The molecule has 6 nitrogen and oxygen atoms in total. The van der Waals surface area contributed by atoms with Crippen LogP contribution in [0.4, 0.5) is 0 Å². The van der Waals surface area contributed by atoms with E-state index >= 15 is 0 Å². The SMILES string of the molecule is Cc1ccc(C(C)CC(N)NN2[C@H](C(=O)O)[C@@H]2Cc2c[nH]c3ccccc23)cc1. The summed E-state index contributed by atoms with van der Waals surface area (Å²) in [6, 6.07) is 15.9. The second-order valence-electron chi connectivity index (χ2n) is 8.10. The minimum absolute atomic E-state index is 0.104. The number of nitrogens with zero attached hydrogens (tertiary/aromatic N) is 1. The maximum atomic E-state index is 11.7. The molecular weight excluding hydrogens is 364 g/mol. The molecule has 29 heavy (non-hydrogen) atoms. The third-order valence-corrected chi connectivity index (χ3v) is 5.86. The molecule has 4 rings (SSSR count). The Morgan fingerprint density at radius 2 is 1.97 bits per heavy atom. The van der Waals surface area contributed by atoms with Gasteiger partial charge in [-0.25, -0.2) is 10.4 Å². The molecule has 0 aliphatic carbocycles. The molecule has 3 aromatic rings. The van der Waals surface area contributed by atoms with Crippen molar-refractivity contribution >= 4 is 16.9 Å². The summed E-state index contributed by atoms with van der Waals surface area (Å²) in [6.45, 7) is 4.22. The van der Waals surface area contributed by atoms with E-state index in [1.807, 2.05) is 24.4 Å². The van der Waals surface area contributed by atoms with Gasteiger partial charge in [-0.3, -0.25) is 4.79 Å². The summed E-state index contributed by atoms with van der Waals surface area (Å²) < 4.78 is 0. The number of carbonyl (C=O) groups is 1. The summed E-state index contributed by atoms with van der Waals surface area (Å²) in [6.07, 6.45) is 3.06. The number of hydrogen-bond donors (Lipinski definition) is 4. The summed E-state index contributed by atoms with van der Waals surface area (Å²) in [5.41, 5.74) is 14.2. The zero-order valence-electron chi connectivity index (χ0n) is 16.8. The highest BCUT2D eigenvalue weighted by atomic mass is 16.4. The minimum Gasteiger partial charge on any atom is -0.480 e. The van der Waals surface area contributed by atoms with Crippen molar-refractivity contribution in [1.29, 1.82) is 0 Å². The first-order valence-corrected chi connectivity index (χ1v) is 10.1. The van der Waals surface area contributed by atoms with Crippen molar-refractivity contribution in [3.05, 3.63) is 71.4 Å². The lowest BCUT2D eigenvalue weighted by molar-refractivity contribution is -0.137. The Balaban J connectivity index is 1.39. The van der Waals surface area contributed by atoms with Crippen LogP contribution in [0.3, 0.4) is 0 Å². The number of rotatable bonds is 8. The van der Waals surface area contributed by atoms with Gasteiger partial charge in [0.05, 0.1) is 12.2 Å². The Labute approximate surface area is 170 Å². The molecule has 0 bridgehead atoms. The van der Waals surface area contributed by atoms with Crippen LogP contribution >= 0.6 is 0 Å². The van der Waals surface area contributed by atoms with Gasteiger partial charge in [0, 0.05) is 17.1 Å². The highest BCUT2D eigenvalue weighted by Gasteiger charge is 2.53. The molecule has 1 fully saturated rings. The predicted molar refractivity (Wildman–Crippen MR) is 114 cm³/mol. The third kappa shape index (κ3) is 4.19. The van der Waals surface area contributed by atoms with Crippen LogP contribution in [-0.4, -0.2) is 39.3 Å². The smallest absolute Gasteiger partial charge is 0.324 e. The molecule has 1 aromatic heterocycles. The van der Waals surface area contributed by atoms with Gasteiger partial charge in [0.15, 0.2) is 0 Å². The van der Waals surface area contributed by atoms with Crippen molar-refractivity contribution in [3.8, 4) is 0 Å². The van der Waals surface area contributed by atoms with Crippen LogP contribution < -0.4 is 11.2 Å². The normalized spacial score (nSPS) is 23.1. The molecule has 2 aromatic carbocycles. The molecule has 2 heterocycles. The Bertz CT molecular complexity index is 998. The second-order valence-corrected chi connectivity index (χ2v) is 8.10. The highest BCUT2D eigenvalue weighted by molar-refractivity contribution is 5.84. The maximum Gasteiger partial charge on any atom is 0.324 e. The Morgan fingerprint density at radius 3 is 2.69 bits per heavy atom. The van der Waals surface area contributed by atoms with Crippen molar-refractivity contribution in [2.45, 2.75) is 50.9 Å². The van der Waals surface area contributed by atoms with Gasteiger partial charge in [-0.1, -0.05) is 55.0 Å². The number of aromatic nitrogens is 1. The number of fused-ring (bicyclic) bond motifs is 1. The number of aryl methyl sites for hydroxylation is 1. The van der Waals surface area contributed by atoms with Crippen molar-refractivity contribution < 1.29 is 9.90 Å². The zero-order chi connectivity index (χ0) is 20.5. The molecule has 0 radical (unpaired) electrons. The average molecular weight is 393 g/mol. The number of carboxylic acids is 1. The Hall–Kier alpha value is -2.67. The number of aromatic amines is 1. The zero-order valence-corrected chi connectivity index (χ0v) is 16.8. The van der Waals surface area contributed by atoms with Gasteiger partial charge in [0.1, 0.15) is 6.04 Å². The molecule has 6 heteroatoms. The number of aliphatic carboxylic acids is 1. The standard InChI is InChI=1S/C23H28N4O2/c1-14-7-9-16(10-8-14)15(2)11-21(24)26-27-20(22(27)23(28)29)12-17-13-25-19-6-4-3-5-18(17)19/h3-10,13,15,20-22,25-26H,11-12,24H2,1-2H3,(H,28,29)/t15?,20-,21?,22-,27?/m0/s1. The molecule has 5 atom stereocenters. The predicted octanol–water partition coefficient (Wildman–Crippen LogP) is 3.14. The van der Waals surface area contributed by atoms with E-state index in [1.165, 1.54) is 11.1 Å². The van der Waals surface area contributed by atoms with E-state index in [2.05, 4.69) is 54.6 Å². The van der Waals surface area contributed by atoms with E-state index in [0.29, 0.717) is 6.42 Å². The highest BCUT2D eigenvalue weighted by Crippen LogP contribution is 2.32. The quantitative estimate of drug-likeness (QED) is 0.349. The second kappa shape index (κ2) is 7.99. The lowest BCUT2D eigenvalue weighted by atomic mass is 9.96. The van der Waals surface area contributed by atoms with E-state index < -0.39 is 12.0 Å². The Morgan fingerprint density at radius 1 is 1.24 bits per heavy atom. The van der Waals surface area contributed by atoms with E-state index in [0.717, 1.165) is 22.9 Å². The fourth-order valence-electron chi connectivity index (χ4n) is 4.13. The molecule has 0 saturated carbocycles. The first-order chi connectivity index (χ1) is 13.9. The van der Waals surface area contributed by atoms with Gasteiger partial charge in [-0.2, -0.15) is 0 Å². The number of hydrogen-bond acceptors (Lipinski definition) is 4. The molecular formula is C23H28N4O2. The summed E-state index contributed by atoms with van der Waals surface area (Å²) in [5.74, 6) is -0.533. The number of benzene rings is 2. The van der Waals surface area contributed by atoms with Crippen LogP contribution in [-0.2, 0) is 11.2 Å². The fraction of sp³-hybridized carbons (Fsp3) is 0.348. The Kier molecular flexibility index (Phi) is 5.41. The monoisotopic (exact) mass is 392 g/mol. The fourth-order valence-corrected chi connectivity index (χ4v) is 4.13.